The molecule has 0 aromatic heterocycles. The maximum atomic E-state index is 14.2. The first-order valence-corrected chi connectivity index (χ1v) is 23.5. The van der Waals surface area contributed by atoms with Gasteiger partial charge in [0.15, 0.2) is 5.78 Å². The minimum absolute atomic E-state index is 0.0789. The van der Waals surface area contributed by atoms with Crippen LogP contribution in [0.2, 0.25) is 0 Å². The number of carbonyl (C=O) groups is 4. The summed E-state index contributed by atoms with van der Waals surface area (Å²) in [6.45, 7) is 4.38. The van der Waals surface area contributed by atoms with Crippen LogP contribution in [0.15, 0.2) is 109 Å². The average molecular weight is 883 g/mol. The normalized spacial score (nSPS) is 19.3. The maximum Gasteiger partial charge on any atom is 0.314 e. The molecule has 0 bridgehead atoms. The van der Waals surface area contributed by atoms with Crippen LogP contribution in [0.4, 0.5) is 11.4 Å². The van der Waals surface area contributed by atoms with Gasteiger partial charge in [0.1, 0.15) is 11.5 Å². The minimum Gasteiger partial charge on any atom is -0.426 e. The fraction of sp³-hybridized carbons (Fsp3) is 0.418. The number of hydrogen-bond acceptors (Lipinski definition) is 10. The van der Waals surface area contributed by atoms with Gasteiger partial charge in [-0.3, -0.25) is 19.2 Å². The van der Waals surface area contributed by atoms with Crippen molar-refractivity contribution >= 4 is 47.0 Å². The summed E-state index contributed by atoms with van der Waals surface area (Å²) in [4.78, 5) is 54.1. The van der Waals surface area contributed by atoms with Gasteiger partial charge in [0.05, 0.1) is 11.8 Å². The van der Waals surface area contributed by atoms with Crippen LogP contribution in [0.3, 0.4) is 0 Å². The monoisotopic (exact) mass is 882 g/mol. The lowest BCUT2D eigenvalue weighted by molar-refractivity contribution is -0.230. The molecule has 10 heteroatoms. The molecule has 0 spiro atoms. The Bertz CT molecular complexity index is 2200. The number of hydrogen-bond donors (Lipinski definition) is 4. The molecule has 0 atom stereocenters. The van der Waals surface area contributed by atoms with Crippen molar-refractivity contribution in [1.29, 1.82) is 0 Å². The highest BCUT2D eigenvalue weighted by molar-refractivity contribution is 6.01. The molecule has 6 rings (SSSR count). The lowest BCUT2D eigenvalue weighted by Gasteiger charge is -2.42. The largest absolute Gasteiger partial charge is 0.426 e. The van der Waals surface area contributed by atoms with Gasteiger partial charge in [-0.2, -0.15) is 0 Å². The van der Waals surface area contributed by atoms with Crippen LogP contribution < -0.4 is 20.9 Å². The number of nitrogens with two attached hydrogens (primary N) is 2. The molecule has 2 aliphatic rings. The summed E-state index contributed by atoms with van der Waals surface area (Å²) in [6.07, 6.45) is 17.1. The molecule has 2 fully saturated rings. The van der Waals surface area contributed by atoms with Crippen molar-refractivity contribution in [1.82, 2.24) is 0 Å². The number of esters is 2. The third-order valence-electron chi connectivity index (χ3n) is 13.5. The van der Waals surface area contributed by atoms with Crippen LogP contribution in [0.25, 0.3) is 12.2 Å². The Morgan fingerprint density at radius 3 is 1.34 bits per heavy atom. The molecule has 65 heavy (non-hydrogen) atoms. The smallest absolute Gasteiger partial charge is 0.314 e. The predicted octanol–water partition coefficient (Wildman–Crippen LogP) is 10.3. The van der Waals surface area contributed by atoms with Gasteiger partial charge < -0.3 is 31.2 Å². The molecule has 4 aromatic rings. The second-order valence-corrected chi connectivity index (χ2v) is 18.5. The molecule has 0 aliphatic heterocycles. The molecular formula is C55H66N2O8. The second-order valence-electron chi connectivity index (χ2n) is 18.5. The zero-order valence-electron chi connectivity index (χ0n) is 38.0. The second kappa shape index (κ2) is 22.9. The molecule has 2 aliphatic carbocycles. The van der Waals surface area contributed by atoms with E-state index in [4.69, 9.17) is 20.9 Å². The van der Waals surface area contributed by atoms with E-state index in [0.717, 1.165) is 70.3 Å². The van der Waals surface area contributed by atoms with Crippen molar-refractivity contribution in [2.24, 2.45) is 29.1 Å². The van der Waals surface area contributed by atoms with Gasteiger partial charge in [-0.15, -0.1) is 0 Å². The maximum absolute atomic E-state index is 14.2. The summed E-state index contributed by atoms with van der Waals surface area (Å²) in [7, 11) is 0. The lowest BCUT2D eigenvalue weighted by Crippen LogP contribution is -2.57. The molecule has 0 unspecified atom stereocenters. The minimum atomic E-state index is -3.05. The van der Waals surface area contributed by atoms with Crippen molar-refractivity contribution in [3.05, 3.63) is 131 Å². The van der Waals surface area contributed by atoms with Gasteiger partial charge >= 0.3 is 11.9 Å². The molecule has 0 heterocycles. The van der Waals surface area contributed by atoms with Gasteiger partial charge in [-0.05, 0) is 159 Å². The first kappa shape index (κ1) is 48.6. The Hall–Kier alpha value is -5.84. The Balaban J connectivity index is 1.19. The van der Waals surface area contributed by atoms with E-state index >= 15 is 0 Å². The molecule has 10 nitrogen and oxygen atoms in total. The van der Waals surface area contributed by atoms with Crippen LogP contribution in [0.1, 0.15) is 120 Å². The predicted molar refractivity (Wildman–Crippen MR) is 256 cm³/mol. The van der Waals surface area contributed by atoms with E-state index in [1.54, 1.807) is 103 Å². The van der Waals surface area contributed by atoms with Gasteiger partial charge in [0.2, 0.25) is 11.6 Å². The Morgan fingerprint density at radius 1 is 0.569 bits per heavy atom. The van der Waals surface area contributed by atoms with Crippen LogP contribution in [0.5, 0.6) is 11.5 Å². The Morgan fingerprint density at radius 2 is 0.954 bits per heavy atom. The van der Waals surface area contributed by atoms with Gasteiger partial charge in [0, 0.05) is 23.2 Å². The summed E-state index contributed by atoms with van der Waals surface area (Å²) >= 11 is 0. The Labute approximate surface area is 384 Å². The number of benzene rings is 4. The van der Waals surface area contributed by atoms with Crippen LogP contribution in [0, 0.1) is 29.1 Å². The zero-order chi connectivity index (χ0) is 46.4. The molecular weight excluding hydrogens is 817 g/mol. The highest BCUT2D eigenvalue weighted by atomic mass is 16.5. The highest BCUT2D eigenvalue weighted by Crippen LogP contribution is 2.43. The molecule has 0 amide bonds. The van der Waals surface area contributed by atoms with E-state index in [9.17, 15) is 29.4 Å². The lowest BCUT2D eigenvalue weighted by atomic mass is 9.65. The van der Waals surface area contributed by atoms with Crippen molar-refractivity contribution in [2.75, 3.05) is 11.5 Å². The molecule has 0 radical (unpaired) electrons. The van der Waals surface area contributed by atoms with Crippen LogP contribution in [-0.2, 0) is 32.0 Å². The van der Waals surface area contributed by atoms with Gasteiger partial charge in [0.25, 0.3) is 0 Å². The average Bonchev–Trinajstić information content (AvgIpc) is 3.30. The molecule has 344 valence electrons. The zero-order valence-corrected chi connectivity index (χ0v) is 38.0. The van der Waals surface area contributed by atoms with Crippen molar-refractivity contribution in [3.63, 3.8) is 0 Å². The number of rotatable bonds is 20. The van der Waals surface area contributed by atoms with Gasteiger partial charge in [-0.25, -0.2) is 0 Å². The van der Waals surface area contributed by atoms with E-state index in [1.165, 1.54) is 25.0 Å². The number of aliphatic hydroxyl groups is 2. The molecule has 2 saturated carbocycles. The number of nitrogen functional groups attached to an aromatic ring is 2. The molecule has 0 saturated heterocycles. The van der Waals surface area contributed by atoms with Crippen LogP contribution >= 0.6 is 0 Å². The summed E-state index contributed by atoms with van der Waals surface area (Å²) in [5.74, 6) is -3.05. The van der Waals surface area contributed by atoms with E-state index < -0.39 is 29.2 Å². The topological polar surface area (TPSA) is 179 Å². The number of ketones is 2. The number of carbonyl (C=O) groups excluding carboxylic acids is 4. The van der Waals surface area contributed by atoms with E-state index in [1.807, 2.05) is 0 Å². The first-order valence-electron chi connectivity index (χ1n) is 23.5. The summed E-state index contributed by atoms with van der Waals surface area (Å²) in [6, 6.07) is 27.2. The number of ether oxygens (including phenoxy) is 2. The number of allylic oxidation sites excluding steroid dienone is 1. The summed E-state index contributed by atoms with van der Waals surface area (Å²) in [5.41, 5.74) is 13.7. The van der Waals surface area contributed by atoms with Crippen molar-refractivity contribution in [2.45, 2.75) is 116 Å². The number of anilines is 2. The van der Waals surface area contributed by atoms with Crippen LogP contribution in [-0.4, -0.2) is 39.5 Å². The fourth-order valence-electron chi connectivity index (χ4n) is 9.62. The Kier molecular flexibility index (Phi) is 17.1. The quantitative estimate of drug-likeness (QED) is 0.0219. The van der Waals surface area contributed by atoms with Crippen molar-refractivity contribution in [3.8, 4) is 11.5 Å². The van der Waals surface area contributed by atoms with Crippen molar-refractivity contribution < 1.29 is 38.9 Å². The van der Waals surface area contributed by atoms with E-state index in [0.29, 0.717) is 57.0 Å². The molecule has 6 N–H and O–H groups in total. The third-order valence-corrected chi connectivity index (χ3v) is 13.5. The third kappa shape index (κ3) is 13.6. The summed E-state index contributed by atoms with van der Waals surface area (Å²) < 4.78 is 11.4. The molecule has 4 aromatic carbocycles. The van der Waals surface area contributed by atoms with E-state index in [2.05, 4.69) is 13.8 Å². The summed E-state index contributed by atoms with van der Waals surface area (Å²) in [5, 5.41) is 24.4. The standard InChI is InChI=1S/C55H66N2O8/c1-3-5-38-7-21-44(22-8-38)52(60)64-49-30-16-40(17-31-49)15-29-48(58)37-54(35-42-11-25-46(56)26-12-42,36-43-13-27-47(57)28-14-43)55(62,63)51(59)34-20-41-18-32-50(33-19-41)65-53(61)45-23-9-39(6-4-2)10-24-45/h11-20,25-34,38-39,44-45,62-63H,3-10,21-24,35-37,56-57H2,1-2H3/b29-15+,34-20+. The fourth-order valence-corrected chi connectivity index (χ4v) is 9.62. The van der Waals surface area contributed by atoms with Gasteiger partial charge in [-0.1, -0.05) is 100 Å². The van der Waals surface area contributed by atoms with E-state index in [-0.39, 0.29) is 36.6 Å². The first-order chi connectivity index (χ1) is 31.2. The SMILES string of the molecule is CCCC1CCC(C(=O)Oc2ccc(/C=C/C(=O)CC(Cc3ccc(N)cc3)(Cc3ccc(N)cc3)C(O)(O)C(=O)/C=C/c3ccc(OC(=O)C4CCC(CCC)CC4)cc3)cc2)CC1. The highest BCUT2D eigenvalue weighted by Gasteiger charge is 2.54.